The van der Waals surface area contributed by atoms with Gasteiger partial charge in [0.1, 0.15) is 0 Å². The third-order valence-electron chi connectivity index (χ3n) is 5.39. The minimum atomic E-state index is -4.00. The molecule has 1 N–H and O–H groups in total. The minimum Gasteiger partial charge on any atom is -0.343 e. The molecule has 0 radical (unpaired) electrons. The van der Waals surface area contributed by atoms with Crippen LogP contribution >= 0.6 is 0 Å². The van der Waals surface area contributed by atoms with Crippen LogP contribution in [0.3, 0.4) is 0 Å². The molecule has 0 aliphatic heterocycles. The summed E-state index contributed by atoms with van der Waals surface area (Å²) in [4.78, 5) is -0.0741. The van der Waals surface area contributed by atoms with E-state index in [4.69, 9.17) is 4.55 Å². The van der Waals surface area contributed by atoms with Crippen LogP contribution in [0.4, 0.5) is 0 Å². The smallest absolute Gasteiger partial charge is 0.343 e. The van der Waals surface area contributed by atoms with Crippen molar-refractivity contribution in [1.29, 1.82) is 0 Å². The summed E-state index contributed by atoms with van der Waals surface area (Å²) in [5.41, 5.74) is 0. The summed E-state index contributed by atoms with van der Waals surface area (Å²) < 4.78 is 29.2. The van der Waals surface area contributed by atoms with Gasteiger partial charge in [-0.1, -0.05) is 134 Å². The fourth-order valence-electron chi connectivity index (χ4n) is 3.49. The average Bonchev–Trinajstić information content (AvgIpc) is 2.74. The molecule has 0 fully saturated rings. The van der Waals surface area contributed by atoms with Gasteiger partial charge in [0.15, 0.2) is 0 Å². The maximum Gasteiger partial charge on any atom is 1.00 e. The fourth-order valence-corrected chi connectivity index (χ4v) is 4.00. The minimum absolute atomic E-state index is 0. The van der Waals surface area contributed by atoms with Crippen LogP contribution in [0.25, 0.3) is 0 Å². The van der Waals surface area contributed by atoms with Gasteiger partial charge in [-0.05, 0) is 12.1 Å². The molecule has 0 aliphatic rings. The van der Waals surface area contributed by atoms with Gasteiger partial charge in [-0.15, -0.1) is 0 Å². The molecule has 0 saturated carbocycles. The van der Waals surface area contributed by atoms with Crippen molar-refractivity contribution in [2.75, 3.05) is 0 Å². The zero-order valence-electron chi connectivity index (χ0n) is 20.5. The topological polar surface area (TPSA) is 54.4 Å². The van der Waals surface area contributed by atoms with Crippen molar-refractivity contribution in [2.24, 2.45) is 0 Å². The van der Waals surface area contributed by atoms with Gasteiger partial charge in [0.05, 0.1) is 4.90 Å². The Morgan fingerprint density at radius 2 is 0.968 bits per heavy atom. The second-order valence-corrected chi connectivity index (χ2v) is 9.72. The molecular weight excluding hydrogens is 415 g/mol. The molecule has 0 aliphatic carbocycles. The van der Waals surface area contributed by atoms with Crippen LogP contribution in [0.15, 0.2) is 35.2 Å². The second kappa shape index (κ2) is 24.8. The average molecular weight is 463 g/mol. The SMILES string of the molecule is O=S(=O)(O)c1ccccc1.[CH2-]CCCCCCCCCCCCCCCCCCC.[Na+]. The van der Waals surface area contributed by atoms with E-state index >= 15 is 0 Å². The molecule has 0 atom stereocenters. The Balaban J connectivity index is 0. The van der Waals surface area contributed by atoms with Gasteiger partial charge < -0.3 is 6.92 Å². The second-order valence-electron chi connectivity index (χ2n) is 8.30. The molecule has 0 amide bonds. The largest absolute Gasteiger partial charge is 1.00 e. The Kier molecular flexibility index (Phi) is 26.6. The molecule has 0 bridgehead atoms. The maximum atomic E-state index is 10.4. The van der Waals surface area contributed by atoms with Crippen molar-refractivity contribution >= 4 is 10.1 Å². The van der Waals surface area contributed by atoms with Crippen molar-refractivity contribution in [2.45, 2.75) is 127 Å². The number of hydrogen-bond acceptors (Lipinski definition) is 2. The number of unbranched alkanes of at least 4 members (excludes halogenated alkanes) is 17. The Morgan fingerprint density at radius 1 is 0.645 bits per heavy atom. The zero-order valence-corrected chi connectivity index (χ0v) is 23.3. The van der Waals surface area contributed by atoms with Gasteiger partial charge in [0.2, 0.25) is 0 Å². The van der Waals surface area contributed by atoms with Gasteiger partial charge in [0, 0.05) is 0 Å². The molecule has 0 saturated heterocycles. The normalized spacial score (nSPS) is 10.8. The quantitative estimate of drug-likeness (QED) is 0.130. The predicted molar refractivity (Wildman–Crippen MR) is 130 cm³/mol. The van der Waals surface area contributed by atoms with Crippen LogP contribution in [-0.4, -0.2) is 13.0 Å². The van der Waals surface area contributed by atoms with E-state index in [1.807, 2.05) is 0 Å². The Morgan fingerprint density at radius 3 is 1.23 bits per heavy atom. The summed E-state index contributed by atoms with van der Waals surface area (Å²) in [6.07, 6.45) is 25.8. The molecular formula is C26H47NaO3S. The van der Waals surface area contributed by atoms with Crippen molar-refractivity contribution in [1.82, 2.24) is 0 Å². The first-order chi connectivity index (χ1) is 14.5. The number of benzene rings is 1. The van der Waals surface area contributed by atoms with E-state index in [-0.39, 0.29) is 34.5 Å². The predicted octanol–water partition coefficient (Wildman–Crippen LogP) is 5.80. The molecule has 0 aromatic heterocycles. The first kappa shape index (κ1) is 33.3. The standard InChI is InChI=1S/C20H41.C6H6O3S.Na/c1-3-5-7-9-11-13-15-17-19-20-18-16-14-12-10-8-6-4-2;7-10(8,9)6-4-2-1-3-5-6;/h1,3-20H2,2H3;1-5H,(H,7,8,9);/q-1;;+1. The van der Waals surface area contributed by atoms with Gasteiger partial charge in [-0.2, -0.15) is 14.8 Å². The molecule has 1 rings (SSSR count). The number of hydrogen-bond donors (Lipinski definition) is 1. The molecule has 0 heterocycles. The molecule has 31 heavy (non-hydrogen) atoms. The van der Waals surface area contributed by atoms with Crippen LogP contribution in [0, 0.1) is 6.92 Å². The summed E-state index contributed by atoms with van der Waals surface area (Å²) in [7, 11) is -4.00. The van der Waals surface area contributed by atoms with Crippen molar-refractivity contribution < 1.29 is 42.5 Å². The van der Waals surface area contributed by atoms with E-state index in [9.17, 15) is 8.42 Å². The van der Waals surface area contributed by atoms with Gasteiger partial charge in [-0.3, -0.25) is 4.55 Å². The summed E-state index contributed by atoms with van der Waals surface area (Å²) in [5.74, 6) is 0. The summed E-state index contributed by atoms with van der Waals surface area (Å²) in [6.45, 7) is 6.19. The van der Waals surface area contributed by atoms with Crippen LogP contribution in [0.5, 0.6) is 0 Å². The summed E-state index contributed by atoms with van der Waals surface area (Å²) in [6, 6.07) is 7.42. The molecule has 1 aromatic carbocycles. The van der Waals surface area contributed by atoms with E-state index in [0.717, 1.165) is 6.42 Å². The molecule has 3 nitrogen and oxygen atoms in total. The van der Waals surface area contributed by atoms with E-state index in [2.05, 4.69) is 13.8 Å². The maximum absolute atomic E-state index is 10.4. The number of rotatable bonds is 18. The third kappa shape index (κ3) is 24.6. The molecule has 1 aromatic rings. The van der Waals surface area contributed by atoms with E-state index in [0.29, 0.717) is 0 Å². The first-order valence-electron chi connectivity index (χ1n) is 12.3. The summed E-state index contributed by atoms with van der Waals surface area (Å²) >= 11 is 0. The van der Waals surface area contributed by atoms with Crippen molar-refractivity contribution in [3.63, 3.8) is 0 Å². The Hall–Kier alpha value is 0.130. The Bertz CT molecular complexity index is 543. The van der Waals surface area contributed by atoms with Crippen LogP contribution in [-0.2, 0) is 10.1 Å². The summed E-state index contributed by atoms with van der Waals surface area (Å²) in [5, 5.41) is 0. The molecule has 176 valence electrons. The van der Waals surface area contributed by atoms with E-state index in [1.54, 1.807) is 18.2 Å². The zero-order chi connectivity index (χ0) is 22.3. The Labute approximate surface area is 216 Å². The van der Waals surface area contributed by atoms with Crippen LogP contribution in [0.2, 0.25) is 0 Å². The van der Waals surface area contributed by atoms with Gasteiger partial charge in [-0.25, -0.2) is 0 Å². The molecule has 0 spiro atoms. The van der Waals surface area contributed by atoms with Gasteiger partial charge in [0.25, 0.3) is 10.1 Å². The third-order valence-corrected chi connectivity index (χ3v) is 6.26. The van der Waals surface area contributed by atoms with Crippen LogP contribution in [0.1, 0.15) is 122 Å². The van der Waals surface area contributed by atoms with E-state index < -0.39 is 10.1 Å². The van der Waals surface area contributed by atoms with Crippen molar-refractivity contribution in [3.05, 3.63) is 37.3 Å². The molecule has 5 heteroatoms. The van der Waals surface area contributed by atoms with Crippen LogP contribution < -0.4 is 29.6 Å². The first-order valence-corrected chi connectivity index (χ1v) is 13.8. The van der Waals surface area contributed by atoms with E-state index in [1.165, 1.54) is 121 Å². The van der Waals surface area contributed by atoms with Crippen molar-refractivity contribution in [3.8, 4) is 0 Å². The monoisotopic (exact) mass is 462 g/mol. The van der Waals surface area contributed by atoms with Gasteiger partial charge >= 0.3 is 29.6 Å². The fraction of sp³-hybridized carbons (Fsp3) is 0.731. The molecule has 0 unspecified atom stereocenters.